The number of benzene rings is 1. The number of aromatic nitrogens is 2. The van der Waals surface area contributed by atoms with E-state index in [0.717, 1.165) is 64.4 Å². The Bertz CT molecular complexity index is 702. The number of hydrogen-bond donors (Lipinski definition) is 1. The van der Waals surface area contributed by atoms with E-state index in [1.54, 1.807) is 0 Å². The first-order valence-corrected chi connectivity index (χ1v) is 10.3. The van der Waals surface area contributed by atoms with E-state index >= 15 is 0 Å². The molecule has 27 heavy (non-hydrogen) atoms. The predicted molar refractivity (Wildman–Crippen MR) is 107 cm³/mol. The fraction of sp³-hybridized carbons (Fsp3) is 0.619. The fourth-order valence-corrected chi connectivity index (χ4v) is 4.45. The standard InChI is InChI=1S/C21H31N5O/c1-18-23-20(24-27-18)21(10-5-6-11-21)22-12-7-13-25-14-16-26(17-15-25)19-8-3-2-4-9-19/h2-4,8-9,22H,5-7,10-17H2,1H3. The molecule has 0 atom stereocenters. The van der Waals surface area contributed by atoms with Crippen molar-refractivity contribution in [3.05, 3.63) is 42.0 Å². The van der Waals surface area contributed by atoms with Crippen molar-refractivity contribution < 1.29 is 4.52 Å². The van der Waals surface area contributed by atoms with Crippen molar-refractivity contribution >= 4 is 5.69 Å². The first-order valence-electron chi connectivity index (χ1n) is 10.3. The van der Waals surface area contributed by atoms with E-state index in [2.05, 4.69) is 55.6 Å². The molecule has 1 aromatic carbocycles. The summed E-state index contributed by atoms with van der Waals surface area (Å²) in [5, 5.41) is 7.99. The van der Waals surface area contributed by atoms with Crippen molar-refractivity contribution in [3.63, 3.8) is 0 Å². The van der Waals surface area contributed by atoms with E-state index < -0.39 is 0 Å². The van der Waals surface area contributed by atoms with Gasteiger partial charge in [-0.05, 0) is 44.5 Å². The summed E-state index contributed by atoms with van der Waals surface area (Å²) in [4.78, 5) is 9.59. The Labute approximate surface area is 161 Å². The third kappa shape index (κ3) is 4.33. The number of nitrogens with zero attached hydrogens (tertiary/aromatic N) is 4. The Morgan fingerprint density at radius 2 is 1.81 bits per heavy atom. The number of piperazine rings is 1. The fourth-order valence-electron chi connectivity index (χ4n) is 4.45. The van der Waals surface area contributed by atoms with E-state index in [1.807, 2.05) is 6.92 Å². The zero-order valence-electron chi connectivity index (χ0n) is 16.4. The summed E-state index contributed by atoms with van der Waals surface area (Å²) in [6.07, 6.45) is 5.86. The molecule has 1 aliphatic carbocycles. The third-order valence-electron chi connectivity index (χ3n) is 6.02. The van der Waals surface area contributed by atoms with Crippen LogP contribution in [0.4, 0.5) is 5.69 Å². The molecule has 0 spiro atoms. The van der Waals surface area contributed by atoms with Crippen LogP contribution in [-0.2, 0) is 5.54 Å². The minimum absolute atomic E-state index is 0.0657. The minimum Gasteiger partial charge on any atom is -0.369 e. The molecule has 2 aromatic rings. The lowest BCUT2D eigenvalue weighted by Gasteiger charge is -2.36. The second kappa shape index (κ2) is 8.40. The summed E-state index contributed by atoms with van der Waals surface area (Å²) in [5.74, 6) is 1.52. The average molecular weight is 370 g/mol. The molecule has 2 heterocycles. The number of para-hydroxylation sites is 1. The van der Waals surface area contributed by atoms with Crippen molar-refractivity contribution in [1.82, 2.24) is 20.4 Å². The predicted octanol–water partition coefficient (Wildman–Crippen LogP) is 2.95. The second-order valence-electron chi connectivity index (χ2n) is 7.87. The topological polar surface area (TPSA) is 57.4 Å². The molecule has 2 fully saturated rings. The first kappa shape index (κ1) is 18.4. The molecule has 0 amide bonds. The molecule has 1 aliphatic heterocycles. The lowest BCUT2D eigenvalue weighted by molar-refractivity contribution is 0.242. The van der Waals surface area contributed by atoms with Gasteiger partial charge in [0.25, 0.3) is 0 Å². The Morgan fingerprint density at radius 3 is 2.48 bits per heavy atom. The first-order chi connectivity index (χ1) is 13.3. The smallest absolute Gasteiger partial charge is 0.223 e. The summed E-state index contributed by atoms with van der Waals surface area (Å²) < 4.78 is 5.24. The van der Waals surface area contributed by atoms with Gasteiger partial charge in [0.05, 0.1) is 5.54 Å². The maximum atomic E-state index is 5.24. The zero-order chi connectivity index (χ0) is 18.5. The Kier molecular flexibility index (Phi) is 5.74. The summed E-state index contributed by atoms with van der Waals surface area (Å²) in [7, 11) is 0. The van der Waals surface area contributed by atoms with E-state index in [4.69, 9.17) is 4.52 Å². The highest BCUT2D eigenvalue weighted by molar-refractivity contribution is 5.46. The van der Waals surface area contributed by atoms with Crippen molar-refractivity contribution in [3.8, 4) is 0 Å². The average Bonchev–Trinajstić information content (AvgIpc) is 3.36. The zero-order valence-corrected chi connectivity index (χ0v) is 16.4. The number of hydrogen-bond acceptors (Lipinski definition) is 6. The Balaban J connectivity index is 1.21. The molecule has 2 aliphatic rings. The van der Waals surface area contributed by atoms with Gasteiger partial charge in [0, 0.05) is 38.8 Å². The largest absolute Gasteiger partial charge is 0.369 e. The highest BCUT2D eigenvalue weighted by Gasteiger charge is 2.39. The van der Waals surface area contributed by atoms with Crippen LogP contribution < -0.4 is 10.2 Å². The number of aryl methyl sites for hydroxylation is 1. The molecule has 6 heteroatoms. The van der Waals surface area contributed by atoms with E-state index in [-0.39, 0.29) is 5.54 Å². The lowest BCUT2D eigenvalue weighted by Crippen LogP contribution is -2.47. The summed E-state index contributed by atoms with van der Waals surface area (Å²) in [5.41, 5.74) is 1.28. The summed E-state index contributed by atoms with van der Waals surface area (Å²) in [6.45, 7) is 8.54. The highest BCUT2D eigenvalue weighted by Crippen LogP contribution is 2.37. The molecule has 1 saturated carbocycles. The molecule has 4 rings (SSSR count). The quantitative estimate of drug-likeness (QED) is 0.758. The lowest BCUT2D eigenvalue weighted by atomic mass is 9.96. The van der Waals surface area contributed by atoms with Gasteiger partial charge in [-0.3, -0.25) is 4.90 Å². The number of anilines is 1. The maximum Gasteiger partial charge on any atom is 0.223 e. The molecular formula is C21H31N5O. The van der Waals surface area contributed by atoms with Gasteiger partial charge in [-0.25, -0.2) is 0 Å². The van der Waals surface area contributed by atoms with E-state index in [0.29, 0.717) is 5.89 Å². The Morgan fingerprint density at radius 1 is 1.07 bits per heavy atom. The van der Waals surface area contributed by atoms with Crippen molar-refractivity contribution in [2.24, 2.45) is 0 Å². The third-order valence-corrected chi connectivity index (χ3v) is 6.02. The van der Waals surface area contributed by atoms with Crippen LogP contribution in [0.25, 0.3) is 0 Å². The van der Waals surface area contributed by atoms with Crippen LogP contribution in [-0.4, -0.2) is 54.3 Å². The van der Waals surface area contributed by atoms with Gasteiger partial charge in [0.2, 0.25) is 5.89 Å². The molecule has 1 N–H and O–H groups in total. The Hall–Kier alpha value is -1.92. The van der Waals surface area contributed by atoms with Crippen molar-refractivity contribution in [1.29, 1.82) is 0 Å². The molecule has 0 radical (unpaired) electrons. The van der Waals surface area contributed by atoms with Gasteiger partial charge < -0.3 is 14.7 Å². The highest BCUT2D eigenvalue weighted by atomic mass is 16.5. The van der Waals surface area contributed by atoms with Crippen LogP contribution in [0, 0.1) is 6.92 Å². The maximum absolute atomic E-state index is 5.24. The van der Waals surface area contributed by atoms with Gasteiger partial charge in [-0.1, -0.05) is 36.2 Å². The van der Waals surface area contributed by atoms with Crippen LogP contribution >= 0.6 is 0 Å². The van der Waals surface area contributed by atoms with Gasteiger partial charge >= 0.3 is 0 Å². The van der Waals surface area contributed by atoms with Gasteiger partial charge in [-0.2, -0.15) is 4.98 Å². The van der Waals surface area contributed by atoms with Crippen LogP contribution in [0.5, 0.6) is 0 Å². The normalized spacial score (nSPS) is 20.3. The molecule has 1 saturated heterocycles. The van der Waals surface area contributed by atoms with Crippen LogP contribution in [0.3, 0.4) is 0 Å². The van der Waals surface area contributed by atoms with Gasteiger partial charge in [-0.15, -0.1) is 0 Å². The molecule has 146 valence electrons. The van der Waals surface area contributed by atoms with Gasteiger partial charge in [0.1, 0.15) is 0 Å². The monoisotopic (exact) mass is 369 g/mol. The van der Waals surface area contributed by atoms with E-state index in [9.17, 15) is 0 Å². The van der Waals surface area contributed by atoms with Crippen LogP contribution in [0.15, 0.2) is 34.9 Å². The van der Waals surface area contributed by atoms with Gasteiger partial charge in [0.15, 0.2) is 5.82 Å². The van der Waals surface area contributed by atoms with Crippen molar-refractivity contribution in [2.45, 2.75) is 44.6 Å². The summed E-state index contributed by atoms with van der Waals surface area (Å²) >= 11 is 0. The molecular weight excluding hydrogens is 338 g/mol. The summed E-state index contributed by atoms with van der Waals surface area (Å²) in [6, 6.07) is 10.7. The van der Waals surface area contributed by atoms with E-state index in [1.165, 1.54) is 18.5 Å². The SMILES string of the molecule is Cc1nc(C2(NCCCN3CCN(c4ccccc4)CC3)CCCC2)no1. The van der Waals surface area contributed by atoms with Crippen LogP contribution in [0.2, 0.25) is 0 Å². The molecule has 1 aromatic heterocycles. The number of nitrogens with one attached hydrogen (secondary N) is 1. The number of rotatable bonds is 7. The molecule has 0 bridgehead atoms. The molecule has 6 nitrogen and oxygen atoms in total. The minimum atomic E-state index is -0.0657. The van der Waals surface area contributed by atoms with Crippen molar-refractivity contribution in [2.75, 3.05) is 44.2 Å². The van der Waals surface area contributed by atoms with Crippen LogP contribution in [0.1, 0.15) is 43.8 Å². The molecule has 0 unspecified atom stereocenters. The second-order valence-corrected chi connectivity index (χ2v) is 7.87.